The molecule has 0 fully saturated rings. The monoisotopic (exact) mass is 417 g/mol. The normalized spacial score (nSPS) is 13.0. The van der Waals surface area contributed by atoms with Crippen LogP contribution in [0.3, 0.4) is 0 Å². The number of carbonyl (C=O) groups excluding carboxylic acids is 1. The van der Waals surface area contributed by atoms with E-state index < -0.39 is 18.1 Å². The van der Waals surface area contributed by atoms with Crippen LogP contribution < -0.4 is 10.1 Å². The molecular weight excluding hydrogens is 399 g/mol. The Morgan fingerprint density at radius 3 is 2.87 bits per heavy atom. The van der Waals surface area contributed by atoms with Gasteiger partial charge in [0.2, 0.25) is 5.88 Å². The minimum Gasteiger partial charge on any atom is -0.478 e. The molecule has 4 rings (SSSR count). The van der Waals surface area contributed by atoms with Crippen molar-refractivity contribution in [3.8, 4) is 17.0 Å². The summed E-state index contributed by atoms with van der Waals surface area (Å²) >= 11 is 0. The first-order chi connectivity index (χ1) is 14.3. The van der Waals surface area contributed by atoms with Crippen LogP contribution in [0.2, 0.25) is 0 Å². The van der Waals surface area contributed by atoms with Crippen molar-refractivity contribution in [3.63, 3.8) is 0 Å². The zero-order valence-corrected chi connectivity index (χ0v) is 16.1. The Bertz CT molecular complexity index is 1230. The van der Waals surface area contributed by atoms with Gasteiger partial charge in [0, 0.05) is 29.4 Å². The largest absolute Gasteiger partial charge is 0.478 e. The van der Waals surface area contributed by atoms with Crippen LogP contribution in [0.1, 0.15) is 24.2 Å². The number of rotatable bonds is 5. The number of alkyl halides is 3. The van der Waals surface area contributed by atoms with Gasteiger partial charge in [0.1, 0.15) is 11.7 Å². The number of aromatic amines is 1. The topological polar surface area (TPSA) is 84.3 Å². The summed E-state index contributed by atoms with van der Waals surface area (Å²) in [6, 6.07) is 5.18. The number of hydrogen-bond donors (Lipinski definition) is 2. The van der Waals surface area contributed by atoms with Crippen LogP contribution in [0.25, 0.3) is 27.7 Å². The molecular formula is C20H18F3N5O2. The van der Waals surface area contributed by atoms with E-state index in [0.717, 1.165) is 23.4 Å². The smallest absolute Gasteiger partial charge is 0.408 e. The highest BCUT2D eigenvalue weighted by atomic mass is 19.4. The molecule has 2 N–H and O–H groups in total. The molecule has 0 aromatic carbocycles. The van der Waals surface area contributed by atoms with Crippen LogP contribution in [0.4, 0.5) is 13.2 Å². The Balaban J connectivity index is 1.71. The van der Waals surface area contributed by atoms with E-state index >= 15 is 0 Å². The lowest BCUT2D eigenvalue weighted by Gasteiger charge is -2.16. The van der Waals surface area contributed by atoms with Crippen molar-refractivity contribution in [2.75, 3.05) is 6.61 Å². The highest BCUT2D eigenvalue weighted by Crippen LogP contribution is 2.30. The number of H-pyrrole nitrogens is 1. The van der Waals surface area contributed by atoms with Gasteiger partial charge in [0.15, 0.2) is 0 Å². The quantitative estimate of drug-likeness (QED) is 0.515. The highest BCUT2D eigenvalue weighted by Gasteiger charge is 2.37. The molecule has 10 heteroatoms. The summed E-state index contributed by atoms with van der Waals surface area (Å²) in [6.07, 6.45) is 0.153. The predicted octanol–water partition coefficient (Wildman–Crippen LogP) is 3.96. The first kappa shape index (κ1) is 19.7. The molecule has 0 spiro atoms. The summed E-state index contributed by atoms with van der Waals surface area (Å²) in [4.78, 5) is 19.9. The summed E-state index contributed by atoms with van der Waals surface area (Å²) in [5.41, 5.74) is 2.69. The van der Waals surface area contributed by atoms with E-state index in [1.165, 1.54) is 10.7 Å². The lowest BCUT2D eigenvalue weighted by Crippen LogP contribution is -2.43. The minimum atomic E-state index is -4.53. The Hall–Kier alpha value is -3.56. The van der Waals surface area contributed by atoms with Crippen molar-refractivity contribution >= 4 is 22.5 Å². The third kappa shape index (κ3) is 3.56. The van der Waals surface area contributed by atoms with Crippen LogP contribution in [0, 0.1) is 0 Å². The molecule has 0 aliphatic rings. The van der Waals surface area contributed by atoms with Gasteiger partial charge in [-0.3, -0.25) is 4.79 Å². The van der Waals surface area contributed by atoms with Crippen LogP contribution in [0.5, 0.6) is 5.88 Å². The summed E-state index contributed by atoms with van der Waals surface area (Å²) < 4.78 is 45.2. The van der Waals surface area contributed by atoms with E-state index in [1.807, 2.05) is 18.3 Å². The molecule has 0 aliphatic carbocycles. The second-order valence-corrected chi connectivity index (χ2v) is 6.72. The van der Waals surface area contributed by atoms with Crippen LogP contribution >= 0.6 is 0 Å². The fourth-order valence-electron chi connectivity index (χ4n) is 3.13. The molecule has 30 heavy (non-hydrogen) atoms. The summed E-state index contributed by atoms with van der Waals surface area (Å²) in [6.45, 7) is 3.27. The lowest BCUT2D eigenvalue weighted by molar-refractivity contribution is -0.149. The van der Waals surface area contributed by atoms with Crippen molar-refractivity contribution < 1.29 is 22.7 Å². The number of carbonyl (C=O) groups is 1. The van der Waals surface area contributed by atoms with Gasteiger partial charge < -0.3 is 15.0 Å². The Morgan fingerprint density at radius 1 is 1.33 bits per heavy atom. The maximum Gasteiger partial charge on any atom is 0.408 e. The van der Waals surface area contributed by atoms with Gasteiger partial charge >= 0.3 is 6.18 Å². The second kappa shape index (κ2) is 7.36. The van der Waals surface area contributed by atoms with Crippen molar-refractivity contribution in [2.24, 2.45) is 0 Å². The van der Waals surface area contributed by atoms with Gasteiger partial charge in [-0.1, -0.05) is 0 Å². The van der Waals surface area contributed by atoms with Gasteiger partial charge in [-0.15, -0.1) is 0 Å². The molecule has 0 radical (unpaired) electrons. The van der Waals surface area contributed by atoms with Gasteiger partial charge in [-0.05, 0) is 37.6 Å². The summed E-state index contributed by atoms with van der Waals surface area (Å²) in [5, 5.41) is 6.88. The molecule has 1 atom stereocenters. The van der Waals surface area contributed by atoms with E-state index in [-0.39, 0.29) is 5.56 Å². The van der Waals surface area contributed by atoms with Crippen LogP contribution in [-0.4, -0.2) is 44.3 Å². The predicted molar refractivity (Wildman–Crippen MR) is 104 cm³/mol. The number of aromatic nitrogens is 4. The number of nitrogens with one attached hydrogen (secondary N) is 2. The first-order valence-corrected chi connectivity index (χ1v) is 9.24. The zero-order chi connectivity index (χ0) is 21.5. The first-order valence-electron chi connectivity index (χ1n) is 9.24. The molecule has 7 nitrogen and oxygen atoms in total. The van der Waals surface area contributed by atoms with Crippen LogP contribution in [0.15, 0.2) is 42.9 Å². The SMILES string of the molecule is CCOc1ccc2c(-c3ccn4ncc(C(=O)N[C@H](C)C(F)(F)F)c4c3)c[nH]c2n1. The molecule has 0 saturated heterocycles. The maximum atomic E-state index is 12.8. The fraction of sp³-hybridized carbons (Fsp3) is 0.250. The van der Waals surface area contributed by atoms with E-state index in [1.54, 1.807) is 30.6 Å². The Morgan fingerprint density at radius 2 is 2.13 bits per heavy atom. The molecule has 4 aromatic heterocycles. The van der Waals surface area contributed by atoms with Gasteiger partial charge in [0.25, 0.3) is 5.91 Å². The number of pyridine rings is 2. The molecule has 0 saturated carbocycles. The summed E-state index contributed by atoms with van der Waals surface area (Å²) in [5.74, 6) is -0.337. The lowest BCUT2D eigenvalue weighted by atomic mass is 10.1. The van der Waals surface area contributed by atoms with Gasteiger partial charge in [-0.2, -0.15) is 23.3 Å². The number of nitrogens with zero attached hydrogens (tertiary/aromatic N) is 3. The molecule has 0 aliphatic heterocycles. The van der Waals surface area contributed by atoms with E-state index in [2.05, 4.69) is 15.1 Å². The highest BCUT2D eigenvalue weighted by molar-refractivity contribution is 6.02. The number of hydrogen-bond acceptors (Lipinski definition) is 4. The fourth-order valence-corrected chi connectivity index (χ4v) is 3.13. The van der Waals surface area contributed by atoms with Crippen molar-refractivity contribution in [1.29, 1.82) is 0 Å². The van der Waals surface area contributed by atoms with Gasteiger partial charge in [-0.25, -0.2) is 4.52 Å². The Labute approximate surface area is 168 Å². The maximum absolute atomic E-state index is 12.8. The van der Waals surface area contributed by atoms with Crippen molar-refractivity contribution in [3.05, 3.63) is 48.4 Å². The van der Waals surface area contributed by atoms with Crippen molar-refractivity contribution in [1.82, 2.24) is 24.9 Å². The molecule has 0 unspecified atom stereocenters. The molecule has 156 valence electrons. The molecule has 1 amide bonds. The van der Waals surface area contributed by atoms with Gasteiger partial charge in [0.05, 0.1) is 23.9 Å². The van der Waals surface area contributed by atoms with E-state index in [0.29, 0.717) is 23.7 Å². The third-order valence-corrected chi connectivity index (χ3v) is 4.72. The molecule has 4 heterocycles. The molecule has 4 aromatic rings. The standard InChI is InChI=1S/C20H18F3N5O2/c1-3-30-17-5-4-13-14(9-24-18(13)27-17)12-6-7-28-16(8-12)15(10-25-28)19(29)26-11(2)20(21,22)23/h4-11H,3H2,1-2H3,(H,24,27)(H,26,29)/t11-/m1/s1. The minimum absolute atomic E-state index is 0.0598. The van der Waals surface area contributed by atoms with E-state index in [9.17, 15) is 18.0 Å². The average Bonchev–Trinajstić information content (AvgIpc) is 3.30. The number of amides is 1. The van der Waals surface area contributed by atoms with Crippen LogP contribution in [-0.2, 0) is 0 Å². The number of ether oxygens (including phenoxy) is 1. The third-order valence-electron chi connectivity index (χ3n) is 4.72. The second-order valence-electron chi connectivity index (χ2n) is 6.72. The van der Waals surface area contributed by atoms with Crippen molar-refractivity contribution in [2.45, 2.75) is 26.1 Å². The average molecular weight is 417 g/mol. The summed E-state index contributed by atoms with van der Waals surface area (Å²) in [7, 11) is 0. The number of halogens is 3. The molecule has 0 bridgehead atoms. The Kier molecular flexibility index (Phi) is 4.84. The number of fused-ring (bicyclic) bond motifs is 2. The van der Waals surface area contributed by atoms with E-state index in [4.69, 9.17) is 4.74 Å². The zero-order valence-electron chi connectivity index (χ0n) is 16.1.